The molecular weight excluding hydrogens is 244 g/mol. The predicted molar refractivity (Wildman–Crippen MR) is 70.7 cm³/mol. The molecule has 0 aliphatic heterocycles. The van der Waals surface area contributed by atoms with Crippen molar-refractivity contribution in [1.82, 2.24) is 0 Å². The number of esters is 1. The largest absolute Gasteiger partial charge is 0.508 e. The van der Waals surface area contributed by atoms with Gasteiger partial charge >= 0.3 is 5.97 Å². The maximum atomic E-state index is 10.8. The van der Waals surface area contributed by atoms with Crippen molar-refractivity contribution in [1.29, 1.82) is 0 Å². The summed E-state index contributed by atoms with van der Waals surface area (Å²) in [4.78, 5) is 20.7. The van der Waals surface area contributed by atoms with Gasteiger partial charge in [-0.1, -0.05) is 30.3 Å². The van der Waals surface area contributed by atoms with E-state index in [1.54, 1.807) is 30.6 Å². The predicted octanol–water partition coefficient (Wildman–Crippen LogP) is 2.32. The van der Waals surface area contributed by atoms with E-state index in [-0.39, 0.29) is 5.75 Å². The Morgan fingerprint density at radius 1 is 1.05 bits per heavy atom. The lowest BCUT2D eigenvalue weighted by Crippen LogP contribution is -1.99. The molecule has 0 aromatic heterocycles. The number of rotatable bonds is 2. The van der Waals surface area contributed by atoms with Crippen LogP contribution in [0.2, 0.25) is 0 Å². The summed E-state index contributed by atoms with van der Waals surface area (Å²) in [6.45, 7) is 0. The lowest BCUT2D eigenvalue weighted by Gasteiger charge is -1.97. The summed E-state index contributed by atoms with van der Waals surface area (Å²) in [5, 5.41) is 8.86. The summed E-state index contributed by atoms with van der Waals surface area (Å²) in [5.41, 5.74) is 1.04. The molecule has 2 aromatic rings. The lowest BCUT2D eigenvalue weighted by molar-refractivity contribution is 0.0600. The van der Waals surface area contributed by atoms with Crippen molar-refractivity contribution in [3.05, 3.63) is 65.7 Å². The van der Waals surface area contributed by atoms with Crippen LogP contribution in [0.15, 0.2) is 54.6 Å². The molecule has 0 aliphatic rings. The van der Waals surface area contributed by atoms with Gasteiger partial charge in [-0.2, -0.15) is 0 Å². The summed E-state index contributed by atoms with van der Waals surface area (Å²) in [7, 11) is 1.31. The van der Waals surface area contributed by atoms with E-state index in [0.717, 1.165) is 0 Å². The number of hydrogen-bond acceptors (Lipinski definition) is 4. The van der Waals surface area contributed by atoms with Gasteiger partial charge in [0.25, 0.3) is 0 Å². The van der Waals surface area contributed by atoms with Gasteiger partial charge in [0.15, 0.2) is 0 Å². The minimum Gasteiger partial charge on any atom is -0.508 e. The number of aromatic hydroxyl groups is 1. The zero-order valence-electron chi connectivity index (χ0n) is 10.4. The van der Waals surface area contributed by atoms with Crippen molar-refractivity contribution in [2.24, 2.45) is 0 Å². The number of phenolic OH excluding ortho intramolecular Hbond substituents is 1. The van der Waals surface area contributed by atoms with Crippen LogP contribution in [0.1, 0.15) is 15.9 Å². The molecule has 1 N–H and O–H groups in total. The molecule has 0 saturated heterocycles. The molecule has 0 aliphatic carbocycles. The number of hydrogen-bond donors (Lipinski definition) is 1. The van der Waals surface area contributed by atoms with E-state index in [1.807, 2.05) is 6.07 Å². The molecule has 0 amide bonds. The van der Waals surface area contributed by atoms with E-state index in [4.69, 9.17) is 5.11 Å². The molecule has 0 heterocycles. The van der Waals surface area contributed by atoms with Gasteiger partial charge in [0.05, 0.1) is 12.7 Å². The van der Waals surface area contributed by atoms with Crippen LogP contribution in [-0.4, -0.2) is 24.5 Å². The van der Waals surface area contributed by atoms with Crippen LogP contribution < -0.4 is 0 Å². The molecule has 2 rings (SSSR count). The van der Waals surface area contributed by atoms with Crippen molar-refractivity contribution in [3.8, 4) is 5.75 Å². The molecule has 0 spiro atoms. The molecule has 0 bridgehead atoms. The van der Waals surface area contributed by atoms with Crippen molar-refractivity contribution in [2.45, 2.75) is 0 Å². The van der Waals surface area contributed by atoms with Crippen molar-refractivity contribution < 1.29 is 19.4 Å². The molecule has 0 fully saturated rings. The summed E-state index contributed by atoms with van der Waals surface area (Å²) in [6.07, 6.45) is 1.78. The number of benzene rings is 2. The average molecular weight is 257 g/mol. The Hall–Kier alpha value is -2.62. The Bertz CT molecular complexity index is 518. The Balaban J connectivity index is 0.000000200. The van der Waals surface area contributed by atoms with Gasteiger partial charge in [-0.3, -0.25) is 4.79 Å². The van der Waals surface area contributed by atoms with Crippen molar-refractivity contribution in [2.75, 3.05) is 7.11 Å². The monoisotopic (exact) mass is 257 g/mol. The number of carbonyl (C=O) groups excluding carboxylic acids is 2. The molecule has 19 heavy (non-hydrogen) atoms. The van der Waals surface area contributed by atoms with Gasteiger partial charge in [0.2, 0.25) is 6.29 Å². The van der Waals surface area contributed by atoms with Crippen LogP contribution in [0.3, 0.4) is 0 Å². The van der Waals surface area contributed by atoms with E-state index in [9.17, 15) is 9.59 Å². The Morgan fingerprint density at radius 3 is 2.05 bits per heavy atom. The molecule has 1 radical (unpaired) electrons. The summed E-state index contributed by atoms with van der Waals surface area (Å²) >= 11 is 0. The zero-order chi connectivity index (χ0) is 14.1. The van der Waals surface area contributed by atoms with Gasteiger partial charge in [-0.05, 0) is 24.3 Å². The number of ether oxygens (including phenoxy) is 1. The molecule has 2 aromatic carbocycles. The SMILES string of the molecule is COC(=O)c1ccc(O)cc1.O=[C]c1ccccc1. The van der Waals surface area contributed by atoms with Gasteiger partial charge in [-0.15, -0.1) is 0 Å². The highest BCUT2D eigenvalue weighted by molar-refractivity contribution is 5.89. The molecule has 97 valence electrons. The third kappa shape index (κ3) is 5.04. The third-order valence-corrected chi connectivity index (χ3v) is 2.18. The van der Waals surface area contributed by atoms with Crippen LogP contribution >= 0.6 is 0 Å². The van der Waals surface area contributed by atoms with Crippen LogP contribution in [0, 0.1) is 0 Å². The van der Waals surface area contributed by atoms with Crippen LogP contribution in [0.25, 0.3) is 0 Å². The second kappa shape index (κ2) is 7.66. The Kier molecular flexibility index (Phi) is 5.82. The van der Waals surface area contributed by atoms with E-state index in [2.05, 4.69) is 4.74 Å². The van der Waals surface area contributed by atoms with Gasteiger partial charge in [0.1, 0.15) is 5.75 Å². The first-order valence-electron chi connectivity index (χ1n) is 5.48. The van der Waals surface area contributed by atoms with Crippen LogP contribution in [-0.2, 0) is 9.53 Å². The fraction of sp³-hybridized carbons (Fsp3) is 0.0667. The topological polar surface area (TPSA) is 63.6 Å². The van der Waals surface area contributed by atoms with E-state index < -0.39 is 5.97 Å². The van der Waals surface area contributed by atoms with Crippen molar-refractivity contribution >= 4 is 12.3 Å². The normalized spacial score (nSPS) is 8.89. The summed E-state index contributed by atoms with van der Waals surface area (Å²) in [5.74, 6) is -0.261. The van der Waals surface area contributed by atoms with Gasteiger partial charge < -0.3 is 9.84 Å². The third-order valence-electron chi connectivity index (χ3n) is 2.18. The molecular formula is C15H13O4. The number of carbonyl (C=O) groups is 1. The Morgan fingerprint density at radius 2 is 1.63 bits per heavy atom. The standard InChI is InChI=1S/C8H8O3.C7H5O/c1-11-8(10)6-2-4-7(9)5-3-6;8-6-7-4-2-1-3-5-7/h2-5,9H,1H3;1-5H. The fourth-order valence-corrected chi connectivity index (χ4v) is 1.22. The van der Waals surface area contributed by atoms with E-state index in [1.165, 1.54) is 31.4 Å². The maximum Gasteiger partial charge on any atom is 0.337 e. The highest BCUT2D eigenvalue weighted by Crippen LogP contribution is 2.09. The first-order chi connectivity index (χ1) is 9.17. The maximum absolute atomic E-state index is 10.8. The minimum atomic E-state index is -0.398. The second-order valence-corrected chi connectivity index (χ2v) is 3.51. The van der Waals surface area contributed by atoms with Crippen molar-refractivity contribution in [3.63, 3.8) is 0 Å². The van der Waals surface area contributed by atoms with E-state index in [0.29, 0.717) is 11.1 Å². The molecule has 0 atom stereocenters. The summed E-state index contributed by atoms with van der Waals surface area (Å²) in [6, 6.07) is 14.8. The molecule has 4 heteroatoms. The Labute approximate surface area is 111 Å². The summed E-state index contributed by atoms with van der Waals surface area (Å²) < 4.78 is 4.46. The first-order valence-corrected chi connectivity index (χ1v) is 5.48. The van der Waals surface area contributed by atoms with Gasteiger partial charge in [0, 0.05) is 5.56 Å². The molecule has 0 unspecified atom stereocenters. The van der Waals surface area contributed by atoms with E-state index >= 15 is 0 Å². The van der Waals surface area contributed by atoms with Gasteiger partial charge in [-0.25, -0.2) is 4.79 Å². The van der Waals surface area contributed by atoms with Crippen LogP contribution in [0.5, 0.6) is 5.75 Å². The number of methoxy groups -OCH3 is 1. The zero-order valence-corrected chi connectivity index (χ0v) is 10.4. The number of phenols is 1. The highest BCUT2D eigenvalue weighted by atomic mass is 16.5. The first kappa shape index (κ1) is 14.4. The minimum absolute atomic E-state index is 0.137. The molecule has 0 saturated carbocycles. The highest BCUT2D eigenvalue weighted by Gasteiger charge is 2.02. The lowest BCUT2D eigenvalue weighted by atomic mass is 10.2. The smallest absolute Gasteiger partial charge is 0.337 e. The quantitative estimate of drug-likeness (QED) is 0.838. The second-order valence-electron chi connectivity index (χ2n) is 3.51. The average Bonchev–Trinajstić information content (AvgIpc) is 2.48. The molecule has 4 nitrogen and oxygen atoms in total. The fourth-order valence-electron chi connectivity index (χ4n) is 1.22. The van der Waals surface area contributed by atoms with Crippen LogP contribution in [0.4, 0.5) is 0 Å².